The maximum absolute atomic E-state index is 2.42. The second-order valence-corrected chi connectivity index (χ2v) is 16.9. The molecule has 0 aliphatic carbocycles. The predicted molar refractivity (Wildman–Crippen MR) is 280 cm³/mol. The van der Waals surface area contributed by atoms with Gasteiger partial charge >= 0.3 is 0 Å². The van der Waals surface area contributed by atoms with Gasteiger partial charge in [0.2, 0.25) is 0 Å². The van der Waals surface area contributed by atoms with Crippen LogP contribution in [-0.4, -0.2) is 4.57 Å². The third-order valence-corrected chi connectivity index (χ3v) is 13.0. The minimum Gasteiger partial charge on any atom is -0.310 e. The molecule has 310 valence electrons. The molecule has 0 amide bonds. The van der Waals surface area contributed by atoms with Crippen LogP contribution in [0, 0.1) is 0 Å². The molecule has 0 aliphatic heterocycles. The minimum absolute atomic E-state index is 1.08. The average molecular weight is 841 g/mol. The number of benzene rings is 11. The number of anilines is 3. The number of para-hydroxylation sites is 1. The van der Waals surface area contributed by atoms with Crippen molar-refractivity contribution in [3.8, 4) is 61.3 Å². The first kappa shape index (κ1) is 38.9. The maximum Gasteiger partial charge on any atom is 0.0547 e. The summed E-state index contributed by atoms with van der Waals surface area (Å²) in [6, 6.07) is 96.8. The lowest BCUT2D eigenvalue weighted by molar-refractivity contribution is 1.18. The Hall–Kier alpha value is -8.72. The highest BCUT2D eigenvalue weighted by atomic mass is 15.1. The van der Waals surface area contributed by atoms with Gasteiger partial charge < -0.3 is 9.47 Å². The zero-order valence-electron chi connectivity index (χ0n) is 36.3. The summed E-state index contributed by atoms with van der Waals surface area (Å²) < 4.78 is 2.42. The van der Waals surface area contributed by atoms with Crippen molar-refractivity contribution in [1.29, 1.82) is 0 Å². The number of hydrogen-bond acceptors (Lipinski definition) is 1. The van der Waals surface area contributed by atoms with Gasteiger partial charge in [0.1, 0.15) is 0 Å². The third-order valence-electron chi connectivity index (χ3n) is 13.0. The van der Waals surface area contributed by atoms with Crippen LogP contribution in [0.15, 0.2) is 267 Å². The monoisotopic (exact) mass is 840 g/mol. The van der Waals surface area contributed by atoms with Crippen LogP contribution >= 0.6 is 0 Å². The van der Waals surface area contributed by atoms with E-state index in [0.717, 1.165) is 28.3 Å². The molecule has 0 fully saturated rings. The van der Waals surface area contributed by atoms with Gasteiger partial charge in [-0.3, -0.25) is 0 Å². The smallest absolute Gasteiger partial charge is 0.0547 e. The molecule has 2 heteroatoms. The van der Waals surface area contributed by atoms with Gasteiger partial charge in [0.15, 0.2) is 0 Å². The van der Waals surface area contributed by atoms with Crippen LogP contribution in [0.4, 0.5) is 17.1 Å². The lowest BCUT2D eigenvalue weighted by atomic mass is 9.94. The second kappa shape index (κ2) is 16.8. The van der Waals surface area contributed by atoms with Gasteiger partial charge in [-0.05, 0) is 127 Å². The van der Waals surface area contributed by atoms with Crippen LogP contribution in [0.3, 0.4) is 0 Å². The summed E-state index contributed by atoms with van der Waals surface area (Å²) >= 11 is 0. The largest absolute Gasteiger partial charge is 0.310 e. The highest BCUT2D eigenvalue weighted by molar-refractivity contribution is 6.20. The zero-order chi connectivity index (χ0) is 43.8. The number of nitrogens with zero attached hydrogens (tertiary/aromatic N) is 2. The van der Waals surface area contributed by atoms with Crippen LogP contribution in [0.2, 0.25) is 0 Å². The number of hydrogen-bond donors (Lipinski definition) is 0. The summed E-state index contributed by atoms with van der Waals surface area (Å²) in [5.74, 6) is 0. The van der Waals surface area contributed by atoms with Gasteiger partial charge in [0.05, 0.1) is 11.0 Å². The van der Waals surface area contributed by atoms with E-state index in [1.165, 1.54) is 82.6 Å². The molecular formula is C64H44N2. The van der Waals surface area contributed by atoms with Crippen molar-refractivity contribution >= 4 is 49.6 Å². The Balaban J connectivity index is 0.979. The van der Waals surface area contributed by atoms with E-state index in [1.54, 1.807) is 0 Å². The van der Waals surface area contributed by atoms with E-state index in [1.807, 2.05) is 0 Å². The van der Waals surface area contributed by atoms with Crippen molar-refractivity contribution in [2.75, 3.05) is 4.90 Å². The van der Waals surface area contributed by atoms with E-state index in [4.69, 9.17) is 0 Å². The molecule has 0 saturated carbocycles. The Morgan fingerprint density at radius 1 is 0.258 bits per heavy atom. The zero-order valence-corrected chi connectivity index (χ0v) is 36.3. The normalized spacial score (nSPS) is 11.3. The molecule has 0 spiro atoms. The summed E-state index contributed by atoms with van der Waals surface area (Å²) in [6.07, 6.45) is 0. The van der Waals surface area contributed by atoms with Crippen molar-refractivity contribution in [2.24, 2.45) is 0 Å². The van der Waals surface area contributed by atoms with E-state index in [2.05, 4.69) is 276 Å². The van der Waals surface area contributed by atoms with Crippen LogP contribution < -0.4 is 4.90 Å². The standard InChI is InChI=1S/C64H44N2/c1-4-16-45(17-5-1)47-36-40-54(41-37-47)65(55-42-38-48(39-43-55)46-32-34-51(35-33-46)58-27-13-21-49-20-10-11-26-57(49)58)56-25-12-22-52(44-56)60-29-15-31-62-64(60)63-59(50-18-6-2-7-19-50)28-14-30-61(63)66(62)53-23-8-3-9-24-53/h1-44H. The molecule has 0 unspecified atom stereocenters. The highest BCUT2D eigenvalue weighted by Crippen LogP contribution is 2.45. The fourth-order valence-corrected chi connectivity index (χ4v) is 9.88. The lowest BCUT2D eigenvalue weighted by Gasteiger charge is -2.26. The molecule has 0 radical (unpaired) electrons. The Kier molecular flexibility index (Phi) is 9.89. The van der Waals surface area contributed by atoms with Gasteiger partial charge in [0.25, 0.3) is 0 Å². The Morgan fingerprint density at radius 2 is 0.667 bits per heavy atom. The van der Waals surface area contributed by atoms with E-state index in [0.29, 0.717) is 0 Å². The summed E-state index contributed by atoms with van der Waals surface area (Å²) in [7, 11) is 0. The number of fused-ring (bicyclic) bond motifs is 4. The molecule has 12 aromatic rings. The van der Waals surface area contributed by atoms with E-state index in [-0.39, 0.29) is 0 Å². The van der Waals surface area contributed by atoms with Crippen molar-refractivity contribution in [3.63, 3.8) is 0 Å². The molecule has 0 N–H and O–H groups in total. The highest BCUT2D eigenvalue weighted by Gasteiger charge is 2.21. The average Bonchev–Trinajstić information content (AvgIpc) is 3.75. The summed E-state index contributed by atoms with van der Waals surface area (Å²) in [5, 5.41) is 5.01. The fourth-order valence-electron chi connectivity index (χ4n) is 9.88. The molecule has 11 aromatic carbocycles. The van der Waals surface area contributed by atoms with Gasteiger partial charge in [0, 0.05) is 33.5 Å². The minimum atomic E-state index is 1.08. The molecule has 0 atom stereocenters. The third kappa shape index (κ3) is 7.02. The van der Waals surface area contributed by atoms with Gasteiger partial charge in [-0.2, -0.15) is 0 Å². The maximum atomic E-state index is 2.42. The first-order valence-electron chi connectivity index (χ1n) is 22.7. The van der Waals surface area contributed by atoms with Gasteiger partial charge in [-0.25, -0.2) is 0 Å². The summed E-state index contributed by atoms with van der Waals surface area (Å²) in [4.78, 5) is 2.38. The molecule has 2 nitrogen and oxygen atoms in total. The second-order valence-electron chi connectivity index (χ2n) is 16.9. The van der Waals surface area contributed by atoms with Crippen molar-refractivity contribution in [1.82, 2.24) is 4.57 Å². The van der Waals surface area contributed by atoms with Crippen LogP contribution in [-0.2, 0) is 0 Å². The Morgan fingerprint density at radius 3 is 1.29 bits per heavy atom. The molecule has 0 aliphatic rings. The lowest BCUT2D eigenvalue weighted by Crippen LogP contribution is -2.10. The van der Waals surface area contributed by atoms with E-state index >= 15 is 0 Å². The number of rotatable bonds is 9. The van der Waals surface area contributed by atoms with Crippen LogP contribution in [0.25, 0.3) is 93.9 Å². The molecular weight excluding hydrogens is 797 g/mol. The first-order chi connectivity index (χ1) is 32.7. The molecule has 1 heterocycles. The molecule has 66 heavy (non-hydrogen) atoms. The molecule has 12 rings (SSSR count). The molecule has 1 aromatic heterocycles. The molecule has 0 saturated heterocycles. The van der Waals surface area contributed by atoms with E-state index < -0.39 is 0 Å². The quantitative estimate of drug-likeness (QED) is 0.141. The SMILES string of the molecule is c1ccc(-c2ccc(N(c3ccc(-c4ccc(-c5cccc6ccccc56)cc4)cc3)c3cccc(-c4cccc5c4c4c(-c6ccccc6)cccc4n5-c4ccccc4)c3)cc2)cc1. The first-order valence-corrected chi connectivity index (χ1v) is 22.7. The predicted octanol–water partition coefficient (Wildman–Crippen LogP) is 17.7. The van der Waals surface area contributed by atoms with Crippen molar-refractivity contribution < 1.29 is 0 Å². The Bertz CT molecular complexity index is 3640. The summed E-state index contributed by atoms with van der Waals surface area (Å²) in [5.41, 5.74) is 18.7. The molecule has 0 bridgehead atoms. The van der Waals surface area contributed by atoms with E-state index in [9.17, 15) is 0 Å². The summed E-state index contributed by atoms with van der Waals surface area (Å²) in [6.45, 7) is 0. The number of aromatic nitrogens is 1. The fraction of sp³-hybridized carbons (Fsp3) is 0. The van der Waals surface area contributed by atoms with Crippen LogP contribution in [0.5, 0.6) is 0 Å². The van der Waals surface area contributed by atoms with Gasteiger partial charge in [-0.1, -0.05) is 206 Å². The van der Waals surface area contributed by atoms with Crippen molar-refractivity contribution in [3.05, 3.63) is 267 Å². The van der Waals surface area contributed by atoms with Gasteiger partial charge in [-0.15, -0.1) is 0 Å². The van der Waals surface area contributed by atoms with Crippen molar-refractivity contribution in [2.45, 2.75) is 0 Å². The van der Waals surface area contributed by atoms with Crippen LogP contribution in [0.1, 0.15) is 0 Å². The topological polar surface area (TPSA) is 8.17 Å². The Labute approximate surface area is 385 Å².